The van der Waals surface area contributed by atoms with Crippen molar-refractivity contribution in [1.29, 1.82) is 0 Å². The molecule has 3 rings (SSSR count). The van der Waals surface area contributed by atoms with Gasteiger partial charge in [0.15, 0.2) is 12.0 Å². The van der Waals surface area contributed by atoms with Crippen molar-refractivity contribution in [1.82, 2.24) is 0 Å². The van der Waals surface area contributed by atoms with Gasteiger partial charge in [-0.2, -0.15) is 0 Å². The van der Waals surface area contributed by atoms with Gasteiger partial charge in [-0.1, -0.05) is 81.4 Å². The average molecular weight is 371 g/mol. The summed E-state index contributed by atoms with van der Waals surface area (Å²) in [5.41, 5.74) is 0. The molecule has 0 N–H and O–H groups in total. The van der Waals surface area contributed by atoms with Gasteiger partial charge in [0.25, 0.3) is 8.32 Å². The third kappa shape index (κ3) is 3.53. The second-order valence-electron chi connectivity index (χ2n) is 8.11. The van der Waals surface area contributed by atoms with Crippen LogP contribution in [-0.2, 0) is 9.22 Å². The molecule has 2 aromatic rings. The van der Waals surface area contributed by atoms with Crippen LogP contribution in [0.2, 0.25) is 5.04 Å². The molecule has 2 aromatic carbocycles. The monoisotopic (exact) mass is 370 g/mol. The van der Waals surface area contributed by atoms with Gasteiger partial charge in [-0.25, -0.2) is 4.39 Å². The van der Waals surface area contributed by atoms with Crippen LogP contribution in [-0.4, -0.2) is 26.4 Å². The van der Waals surface area contributed by atoms with E-state index in [1.54, 1.807) is 0 Å². The van der Waals surface area contributed by atoms with Crippen molar-refractivity contribution < 1.29 is 13.6 Å². The minimum atomic E-state index is -2.67. The maximum absolute atomic E-state index is 14.1. The number of ketones is 1. The van der Waals surface area contributed by atoms with Crippen LogP contribution in [0.3, 0.4) is 0 Å². The summed E-state index contributed by atoms with van der Waals surface area (Å²) in [6, 6.07) is 20.7. The number of carbonyl (C=O) groups is 1. The third-order valence-corrected chi connectivity index (χ3v) is 10.4. The van der Waals surface area contributed by atoms with Gasteiger partial charge in [-0.15, -0.1) is 0 Å². The van der Waals surface area contributed by atoms with E-state index in [-0.39, 0.29) is 29.8 Å². The Hall–Kier alpha value is -1.78. The number of alkyl halides is 1. The summed E-state index contributed by atoms with van der Waals surface area (Å²) in [7, 11) is -2.67. The molecule has 1 aliphatic carbocycles. The normalized spacial score (nSPS) is 21.6. The van der Waals surface area contributed by atoms with E-state index in [4.69, 9.17) is 4.43 Å². The Balaban J connectivity index is 2.10. The van der Waals surface area contributed by atoms with Crippen LogP contribution in [0.4, 0.5) is 4.39 Å². The summed E-state index contributed by atoms with van der Waals surface area (Å²) >= 11 is 0. The zero-order valence-electron chi connectivity index (χ0n) is 15.7. The van der Waals surface area contributed by atoms with Gasteiger partial charge in [0.2, 0.25) is 0 Å². The molecule has 26 heavy (non-hydrogen) atoms. The highest BCUT2D eigenvalue weighted by Crippen LogP contribution is 2.39. The quantitative estimate of drug-likeness (QED) is 0.760. The molecule has 1 fully saturated rings. The first-order valence-electron chi connectivity index (χ1n) is 9.30. The van der Waals surface area contributed by atoms with Crippen LogP contribution in [0.25, 0.3) is 0 Å². The maximum atomic E-state index is 14.1. The van der Waals surface area contributed by atoms with Crippen LogP contribution >= 0.6 is 0 Å². The highest BCUT2D eigenvalue weighted by atomic mass is 28.4. The molecule has 2 atom stereocenters. The molecule has 2 nitrogen and oxygen atoms in total. The highest BCUT2D eigenvalue weighted by molar-refractivity contribution is 6.99. The molecule has 0 aliphatic heterocycles. The first-order chi connectivity index (χ1) is 12.3. The molecule has 1 unspecified atom stereocenters. The van der Waals surface area contributed by atoms with Gasteiger partial charge in [0.1, 0.15) is 0 Å². The van der Waals surface area contributed by atoms with Crippen molar-refractivity contribution in [3.8, 4) is 0 Å². The van der Waals surface area contributed by atoms with E-state index in [1.807, 2.05) is 36.4 Å². The van der Waals surface area contributed by atoms with E-state index in [1.165, 1.54) is 10.4 Å². The van der Waals surface area contributed by atoms with Gasteiger partial charge in [-0.05, 0) is 21.8 Å². The molecule has 0 saturated heterocycles. The van der Waals surface area contributed by atoms with Gasteiger partial charge >= 0.3 is 0 Å². The SMILES string of the molecule is CC(C)(C)[Si](OC1CCC(=O)[C@H](F)C1)(c1ccccc1)c1ccccc1. The molecule has 0 spiro atoms. The van der Waals surface area contributed by atoms with E-state index >= 15 is 0 Å². The Labute approximate surface area is 156 Å². The number of hydrogen-bond acceptors (Lipinski definition) is 2. The van der Waals surface area contributed by atoms with E-state index in [9.17, 15) is 9.18 Å². The first kappa shape index (κ1) is 19.0. The minimum absolute atomic E-state index is 0.136. The Morgan fingerprint density at radius 2 is 1.46 bits per heavy atom. The van der Waals surface area contributed by atoms with Gasteiger partial charge < -0.3 is 4.43 Å². The predicted octanol–water partition coefficient (Wildman–Crippen LogP) is 4.02. The Morgan fingerprint density at radius 1 is 0.962 bits per heavy atom. The van der Waals surface area contributed by atoms with E-state index < -0.39 is 14.5 Å². The topological polar surface area (TPSA) is 26.3 Å². The number of rotatable bonds is 4. The number of halogens is 1. The fourth-order valence-electron chi connectivity index (χ4n) is 3.99. The van der Waals surface area contributed by atoms with Gasteiger partial charge in [0.05, 0.1) is 0 Å². The molecular weight excluding hydrogens is 343 g/mol. The molecule has 0 amide bonds. The molecule has 4 heteroatoms. The summed E-state index contributed by atoms with van der Waals surface area (Å²) in [5.74, 6) is -0.285. The molecule has 0 radical (unpaired) electrons. The lowest BCUT2D eigenvalue weighted by atomic mass is 9.95. The zero-order chi connectivity index (χ0) is 18.8. The Bertz CT molecular complexity index is 700. The predicted molar refractivity (Wildman–Crippen MR) is 106 cm³/mol. The van der Waals surface area contributed by atoms with Gasteiger partial charge in [-0.3, -0.25) is 4.79 Å². The van der Waals surface area contributed by atoms with Crippen LogP contribution in [0.15, 0.2) is 60.7 Å². The van der Waals surface area contributed by atoms with Crippen molar-refractivity contribution in [2.75, 3.05) is 0 Å². The Kier molecular flexibility index (Phi) is 5.44. The molecular formula is C22H27FO2Si. The summed E-state index contributed by atoms with van der Waals surface area (Å²) in [4.78, 5) is 11.6. The third-order valence-electron chi connectivity index (χ3n) is 5.29. The standard InChI is InChI=1S/C22H27FO2Si/c1-22(2,3)26(18-10-6-4-7-11-18,19-12-8-5-9-13-19)25-17-14-15-21(24)20(23)16-17/h4-13,17,20H,14-16H2,1-3H3/t17?,20-/m1/s1. The molecule has 138 valence electrons. The van der Waals surface area contributed by atoms with Gasteiger partial charge in [0, 0.05) is 18.9 Å². The summed E-state index contributed by atoms with van der Waals surface area (Å²) < 4.78 is 21.0. The molecule has 0 heterocycles. The van der Waals surface area contributed by atoms with Crippen molar-refractivity contribution in [2.45, 2.75) is 57.3 Å². The maximum Gasteiger partial charge on any atom is 0.261 e. The van der Waals surface area contributed by atoms with Crippen LogP contribution in [0.5, 0.6) is 0 Å². The fourth-order valence-corrected chi connectivity index (χ4v) is 8.72. The van der Waals surface area contributed by atoms with E-state index in [0.29, 0.717) is 6.42 Å². The van der Waals surface area contributed by atoms with Crippen molar-refractivity contribution in [3.63, 3.8) is 0 Å². The Morgan fingerprint density at radius 3 is 1.88 bits per heavy atom. The zero-order valence-corrected chi connectivity index (χ0v) is 16.7. The van der Waals surface area contributed by atoms with E-state index in [2.05, 4.69) is 45.0 Å². The minimum Gasteiger partial charge on any atom is -0.404 e. The number of benzene rings is 2. The molecule has 0 bridgehead atoms. The number of carbonyl (C=O) groups excluding carboxylic acids is 1. The second kappa shape index (κ2) is 7.45. The van der Waals surface area contributed by atoms with Crippen LogP contribution < -0.4 is 10.4 Å². The smallest absolute Gasteiger partial charge is 0.261 e. The largest absolute Gasteiger partial charge is 0.404 e. The van der Waals surface area contributed by atoms with Crippen molar-refractivity contribution in [3.05, 3.63) is 60.7 Å². The first-order valence-corrected chi connectivity index (χ1v) is 11.2. The van der Waals surface area contributed by atoms with E-state index in [0.717, 1.165) is 0 Å². The fraction of sp³-hybridized carbons (Fsp3) is 0.409. The highest BCUT2D eigenvalue weighted by Gasteiger charge is 2.52. The summed E-state index contributed by atoms with van der Waals surface area (Å²) in [5, 5.41) is 2.24. The second-order valence-corrected chi connectivity index (χ2v) is 12.4. The summed E-state index contributed by atoms with van der Waals surface area (Å²) in [6.07, 6.45) is -0.585. The summed E-state index contributed by atoms with van der Waals surface area (Å²) in [6.45, 7) is 6.63. The average Bonchev–Trinajstić information content (AvgIpc) is 2.63. The molecule has 0 aromatic heterocycles. The number of hydrogen-bond donors (Lipinski definition) is 0. The lowest BCUT2D eigenvalue weighted by Crippen LogP contribution is -2.68. The van der Waals surface area contributed by atoms with Crippen LogP contribution in [0.1, 0.15) is 40.0 Å². The number of Topliss-reactive ketones (excluding diaryl/α,β-unsaturated/α-hetero) is 1. The lowest BCUT2D eigenvalue weighted by Gasteiger charge is -2.46. The molecule has 1 aliphatic rings. The lowest BCUT2D eigenvalue weighted by molar-refractivity contribution is -0.127. The van der Waals surface area contributed by atoms with Crippen molar-refractivity contribution in [2.24, 2.45) is 0 Å². The van der Waals surface area contributed by atoms with Crippen molar-refractivity contribution >= 4 is 24.5 Å². The van der Waals surface area contributed by atoms with Crippen LogP contribution in [0, 0.1) is 0 Å². The molecule has 1 saturated carbocycles.